The number of anilines is 3. The number of urea groups is 1. The molecule has 0 bridgehead atoms. The molecule has 0 unspecified atom stereocenters. The highest BCUT2D eigenvalue weighted by molar-refractivity contribution is 5.99. The number of carbonyl (C=O) groups is 2. The van der Waals surface area contributed by atoms with E-state index in [1.54, 1.807) is 12.1 Å². The molecular formula is C22H21N3O3. The van der Waals surface area contributed by atoms with Crippen LogP contribution in [0.25, 0.3) is 0 Å². The van der Waals surface area contributed by atoms with Crippen LogP contribution in [0.5, 0.6) is 0 Å². The number of hydrogen-bond acceptors (Lipinski definition) is 3. The van der Waals surface area contributed by atoms with Gasteiger partial charge in [-0.15, -0.1) is 0 Å². The Hall–Kier alpha value is -3.80. The molecule has 6 heteroatoms. The minimum atomic E-state index is -0.484. The molecule has 142 valence electrons. The fraction of sp³-hybridized carbons (Fsp3) is 0.0909. The van der Waals surface area contributed by atoms with Gasteiger partial charge in [0, 0.05) is 23.5 Å². The summed E-state index contributed by atoms with van der Waals surface area (Å²) >= 11 is 0. The molecule has 3 rings (SSSR count). The summed E-state index contributed by atoms with van der Waals surface area (Å²) in [5.41, 5.74) is 3.10. The van der Waals surface area contributed by atoms with Crippen LogP contribution >= 0.6 is 0 Å². The van der Waals surface area contributed by atoms with E-state index in [0.29, 0.717) is 17.8 Å². The van der Waals surface area contributed by atoms with Gasteiger partial charge in [-0.2, -0.15) is 0 Å². The van der Waals surface area contributed by atoms with Crippen molar-refractivity contribution in [3.8, 4) is 0 Å². The number of nitrogens with one attached hydrogen (secondary N) is 3. The summed E-state index contributed by atoms with van der Waals surface area (Å²) < 4.78 is 5.18. The summed E-state index contributed by atoms with van der Waals surface area (Å²) in [5.74, 6) is 0. The molecule has 0 spiro atoms. The summed E-state index contributed by atoms with van der Waals surface area (Å²) in [6.45, 7) is 0.264. The first-order valence-electron chi connectivity index (χ1n) is 8.90. The number of ether oxygens (including phenoxy) is 1. The van der Waals surface area contributed by atoms with Gasteiger partial charge in [0.05, 0.1) is 6.61 Å². The van der Waals surface area contributed by atoms with Crippen LogP contribution in [0, 0.1) is 0 Å². The second-order valence-corrected chi connectivity index (χ2v) is 6.02. The van der Waals surface area contributed by atoms with Crippen LogP contribution in [0.2, 0.25) is 0 Å². The molecule has 0 saturated carbocycles. The molecule has 0 fully saturated rings. The maximum absolute atomic E-state index is 12.0. The van der Waals surface area contributed by atoms with Crippen LogP contribution in [0.1, 0.15) is 5.56 Å². The first kappa shape index (κ1) is 19.0. The summed E-state index contributed by atoms with van der Waals surface area (Å²) in [6.07, 6.45) is 0.0979. The molecular weight excluding hydrogens is 354 g/mol. The number of hydrogen-bond donors (Lipinski definition) is 3. The molecule has 0 aliphatic rings. The lowest BCUT2D eigenvalue weighted by Crippen LogP contribution is -2.19. The van der Waals surface area contributed by atoms with Gasteiger partial charge in [0.25, 0.3) is 0 Å². The highest BCUT2D eigenvalue weighted by atomic mass is 16.5. The van der Waals surface area contributed by atoms with E-state index in [1.807, 2.05) is 72.8 Å². The van der Waals surface area contributed by atoms with Crippen molar-refractivity contribution >= 4 is 29.2 Å². The minimum absolute atomic E-state index is 0.264. The van der Waals surface area contributed by atoms with E-state index < -0.39 is 6.09 Å². The zero-order valence-electron chi connectivity index (χ0n) is 15.2. The van der Waals surface area contributed by atoms with E-state index in [1.165, 1.54) is 0 Å². The molecule has 0 aliphatic heterocycles. The normalized spacial score (nSPS) is 10.0. The molecule has 6 nitrogen and oxygen atoms in total. The van der Waals surface area contributed by atoms with Crippen molar-refractivity contribution in [2.45, 2.75) is 6.42 Å². The summed E-state index contributed by atoms with van der Waals surface area (Å²) in [5, 5.41) is 8.19. The molecule has 0 atom stereocenters. The van der Waals surface area contributed by atoms with Crippen LogP contribution < -0.4 is 16.0 Å². The van der Waals surface area contributed by atoms with Gasteiger partial charge < -0.3 is 15.4 Å². The Morgan fingerprint density at radius 3 is 1.71 bits per heavy atom. The highest BCUT2D eigenvalue weighted by Crippen LogP contribution is 2.12. The average molecular weight is 375 g/mol. The van der Waals surface area contributed by atoms with Crippen LogP contribution in [0.15, 0.2) is 84.9 Å². The Morgan fingerprint density at radius 2 is 1.14 bits per heavy atom. The van der Waals surface area contributed by atoms with Gasteiger partial charge in [0.2, 0.25) is 0 Å². The lowest BCUT2D eigenvalue weighted by Gasteiger charge is -2.09. The van der Waals surface area contributed by atoms with E-state index in [9.17, 15) is 9.59 Å². The van der Waals surface area contributed by atoms with Crippen molar-refractivity contribution in [2.75, 3.05) is 22.6 Å². The van der Waals surface area contributed by atoms with Crippen LogP contribution in [0.4, 0.5) is 26.7 Å². The van der Waals surface area contributed by atoms with E-state index in [-0.39, 0.29) is 12.6 Å². The van der Waals surface area contributed by atoms with Crippen molar-refractivity contribution in [1.29, 1.82) is 0 Å². The zero-order valence-corrected chi connectivity index (χ0v) is 15.2. The van der Waals surface area contributed by atoms with Crippen molar-refractivity contribution in [3.05, 3.63) is 90.5 Å². The predicted octanol–water partition coefficient (Wildman–Crippen LogP) is 5.12. The fourth-order valence-electron chi connectivity index (χ4n) is 2.51. The van der Waals surface area contributed by atoms with Gasteiger partial charge in [-0.05, 0) is 42.0 Å². The predicted molar refractivity (Wildman–Crippen MR) is 111 cm³/mol. The number of rotatable bonds is 6. The van der Waals surface area contributed by atoms with Gasteiger partial charge in [-0.1, -0.05) is 48.5 Å². The fourth-order valence-corrected chi connectivity index (χ4v) is 2.51. The number of amides is 3. The van der Waals surface area contributed by atoms with E-state index in [2.05, 4.69) is 16.0 Å². The second-order valence-electron chi connectivity index (χ2n) is 6.02. The summed E-state index contributed by atoms with van der Waals surface area (Å²) in [6, 6.07) is 25.4. The van der Waals surface area contributed by atoms with Crippen LogP contribution in [0.3, 0.4) is 0 Å². The Morgan fingerprint density at radius 1 is 0.643 bits per heavy atom. The van der Waals surface area contributed by atoms with Crippen molar-refractivity contribution in [3.63, 3.8) is 0 Å². The number of benzene rings is 3. The Labute approximate surface area is 163 Å². The summed E-state index contributed by atoms with van der Waals surface area (Å²) in [4.78, 5) is 23.7. The second kappa shape index (κ2) is 9.78. The third-order valence-electron chi connectivity index (χ3n) is 3.89. The number of carbonyl (C=O) groups excluding carboxylic acids is 2. The maximum atomic E-state index is 12.0. The molecule has 0 heterocycles. The lowest BCUT2D eigenvalue weighted by atomic mass is 10.1. The molecule has 0 saturated heterocycles. The lowest BCUT2D eigenvalue weighted by molar-refractivity contribution is 0.163. The third kappa shape index (κ3) is 6.17. The molecule has 3 amide bonds. The first-order valence-corrected chi connectivity index (χ1v) is 8.90. The Bertz CT molecular complexity index is 897. The number of para-hydroxylation sites is 2. The van der Waals surface area contributed by atoms with Gasteiger partial charge in [0.1, 0.15) is 0 Å². The first-order chi connectivity index (χ1) is 13.7. The standard InChI is InChI=1S/C22H21N3O3/c26-21(23-18-7-3-1-4-8-18)24-20-13-11-17(12-14-20)15-16-28-22(27)25-19-9-5-2-6-10-19/h1-14H,15-16H2,(H,25,27)(H2,23,24,26). The van der Waals surface area contributed by atoms with Gasteiger partial charge >= 0.3 is 12.1 Å². The molecule has 3 N–H and O–H groups in total. The van der Waals surface area contributed by atoms with E-state index in [4.69, 9.17) is 4.74 Å². The Balaban J connectivity index is 1.40. The van der Waals surface area contributed by atoms with Gasteiger partial charge in [-0.25, -0.2) is 9.59 Å². The van der Waals surface area contributed by atoms with Crippen LogP contribution in [-0.4, -0.2) is 18.7 Å². The van der Waals surface area contributed by atoms with Crippen molar-refractivity contribution in [1.82, 2.24) is 0 Å². The quantitative estimate of drug-likeness (QED) is 0.559. The smallest absolute Gasteiger partial charge is 0.411 e. The van der Waals surface area contributed by atoms with E-state index in [0.717, 1.165) is 11.3 Å². The summed E-state index contributed by atoms with van der Waals surface area (Å²) in [7, 11) is 0. The highest BCUT2D eigenvalue weighted by Gasteiger charge is 2.04. The third-order valence-corrected chi connectivity index (χ3v) is 3.89. The average Bonchev–Trinajstić information content (AvgIpc) is 2.71. The van der Waals surface area contributed by atoms with Gasteiger partial charge in [0.15, 0.2) is 0 Å². The molecule has 3 aromatic carbocycles. The maximum Gasteiger partial charge on any atom is 0.411 e. The SMILES string of the molecule is O=C(Nc1ccccc1)Nc1ccc(CCOC(=O)Nc2ccccc2)cc1. The molecule has 0 aromatic heterocycles. The largest absolute Gasteiger partial charge is 0.449 e. The Kier molecular flexibility index (Phi) is 6.62. The molecule has 0 radical (unpaired) electrons. The van der Waals surface area contributed by atoms with Crippen LogP contribution in [-0.2, 0) is 11.2 Å². The molecule has 3 aromatic rings. The van der Waals surface area contributed by atoms with E-state index >= 15 is 0 Å². The van der Waals surface area contributed by atoms with Gasteiger partial charge in [-0.3, -0.25) is 5.32 Å². The topological polar surface area (TPSA) is 79.5 Å². The van der Waals surface area contributed by atoms with Crippen molar-refractivity contribution < 1.29 is 14.3 Å². The molecule has 0 aliphatic carbocycles. The monoisotopic (exact) mass is 375 g/mol. The zero-order chi connectivity index (χ0) is 19.6. The van der Waals surface area contributed by atoms with Crippen molar-refractivity contribution in [2.24, 2.45) is 0 Å². The molecule has 28 heavy (non-hydrogen) atoms. The minimum Gasteiger partial charge on any atom is -0.449 e.